The Morgan fingerprint density at radius 1 is 1.11 bits per heavy atom. The lowest BCUT2D eigenvalue weighted by Gasteiger charge is -2.19. The number of ether oxygens (including phenoxy) is 3. The van der Waals surface area contributed by atoms with E-state index in [4.69, 9.17) is 31.0 Å². The lowest BCUT2D eigenvalue weighted by atomic mass is 10.0. The molecule has 27 heavy (non-hydrogen) atoms. The van der Waals surface area contributed by atoms with Gasteiger partial charge in [-0.05, 0) is 35.2 Å². The summed E-state index contributed by atoms with van der Waals surface area (Å²) in [7, 11) is 1.56. The summed E-state index contributed by atoms with van der Waals surface area (Å²) in [6.45, 7) is 0.878. The molecule has 0 saturated heterocycles. The molecule has 0 aliphatic rings. The zero-order valence-corrected chi connectivity index (χ0v) is 15.9. The van der Waals surface area contributed by atoms with Crippen molar-refractivity contribution in [3.05, 3.63) is 59.1 Å². The minimum absolute atomic E-state index is 0.176. The molecule has 0 spiro atoms. The maximum absolute atomic E-state index is 11.1. The van der Waals surface area contributed by atoms with Gasteiger partial charge in [-0.1, -0.05) is 48.0 Å². The van der Waals surface area contributed by atoms with Crippen molar-refractivity contribution in [2.75, 3.05) is 27.1 Å². The molecule has 2 rings (SSSR count). The van der Waals surface area contributed by atoms with E-state index in [2.05, 4.69) is 0 Å². The normalized spacial score (nSPS) is 12.0. The Kier molecular flexibility index (Phi) is 9.24. The number of rotatable bonds is 11. The third kappa shape index (κ3) is 7.28. The predicted octanol–water partition coefficient (Wildman–Crippen LogP) is 3.97. The maximum atomic E-state index is 11.1. The smallest absolute Gasteiger partial charge is 0.243 e. The summed E-state index contributed by atoms with van der Waals surface area (Å²) in [5, 5.41) is 9.22. The van der Waals surface area contributed by atoms with Crippen LogP contribution in [0, 0.1) is 0 Å². The predicted molar refractivity (Wildman–Crippen MR) is 103 cm³/mol. The molecule has 146 valence electrons. The number of hydroxylamine groups is 1. The van der Waals surface area contributed by atoms with Crippen LogP contribution in [0.1, 0.15) is 24.5 Å². The standard InChI is InChI=1S/C20H24ClNO5/c1-25-14-26-13-19(27-12-2-3-20(23)22-24)17-6-4-15(5-7-17)16-8-10-18(21)11-9-16/h4-11,19,24H,2-3,12-14H2,1H3,(H,22,23). The van der Waals surface area contributed by atoms with Crippen molar-refractivity contribution in [2.45, 2.75) is 18.9 Å². The first-order valence-electron chi connectivity index (χ1n) is 8.61. The number of amides is 1. The van der Waals surface area contributed by atoms with E-state index in [0.717, 1.165) is 16.7 Å². The quantitative estimate of drug-likeness (QED) is 0.261. The highest BCUT2D eigenvalue weighted by atomic mass is 35.5. The van der Waals surface area contributed by atoms with Crippen LogP contribution in [0.3, 0.4) is 0 Å². The van der Waals surface area contributed by atoms with Gasteiger partial charge < -0.3 is 14.2 Å². The number of carbonyl (C=O) groups excluding carboxylic acids is 1. The lowest BCUT2D eigenvalue weighted by Crippen LogP contribution is -2.19. The van der Waals surface area contributed by atoms with Crippen molar-refractivity contribution in [2.24, 2.45) is 0 Å². The second kappa shape index (κ2) is 11.7. The Labute approximate surface area is 164 Å². The average molecular weight is 394 g/mol. The molecule has 2 aromatic rings. The van der Waals surface area contributed by atoms with Gasteiger partial charge in [0.05, 0.1) is 6.61 Å². The maximum Gasteiger partial charge on any atom is 0.243 e. The zero-order chi connectivity index (χ0) is 19.5. The number of hydrogen-bond acceptors (Lipinski definition) is 5. The third-order valence-corrected chi connectivity index (χ3v) is 4.17. The zero-order valence-electron chi connectivity index (χ0n) is 15.2. The van der Waals surface area contributed by atoms with Crippen LogP contribution < -0.4 is 5.48 Å². The van der Waals surface area contributed by atoms with Crippen LogP contribution in [0.4, 0.5) is 0 Å². The number of nitrogens with one attached hydrogen (secondary N) is 1. The molecule has 0 heterocycles. The van der Waals surface area contributed by atoms with E-state index in [1.807, 2.05) is 48.5 Å². The first-order chi connectivity index (χ1) is 13.1. The van der Waals surface area contributed by atoms with Gasteiger partial charge in [0.15, 0.2) is 0 Å². The molecular weight excluding hydrogens is 370 g/mol. The molecule has 0 radical (unpaired) electrons. The van der Waals surface area contributed by atoms with E-state index in [1.165, 1.54) is 0 Å². The number of methoxy groups -OCH3 is 1. The molecule has 2 aromatic carbocycles. The lowest BCUT2D eigenvalue weighted by molar-refractivity contribution is -0.129. The van der Waals surface area contributed by atoms with Crippen LogP contribution in [0.5, 0.6) is 0 Å². The van der Waals surface area contributed by atoms with Crippen LogP contribution >= 0.6 is 11.6 Å². The summed E-state index contributed by atoms with van der Waals surface area (Å²) >= 11 is 5.94. The number of hydrogen-bond donors (Lipinski definition) is 2. The van der Waals surface area contributed by atoms with Gasteiger partial charge in [0.2, 0.25) is 5.91 Å². The Morgan fingerprint density at radius 2 is 1.74 bits per heavy atom. The van der Waals surface area contributed by atoms with E-state index in [1.54, 1.807) is 12.6 Å². The van der Waals surface area contributed by atoms with Gasteiger partial charge in [-0.2, -0.15) is 0 Å². The Balaban J connectivity index is 2.00. The van der Waals surface area contributed by atoms with Gasteiger partial charge >= 0.3 is 0 Å². The minimum atomic E-state index is -0.432. The Morgan fingerprint density at radius 3 is 2.33 bits per heavy atom. The van der Waals surface area contributed by atoms with Gasteiger partial charge in [0.25, 0.3) is 0 Å². The number of halogens is 1. The van der Waals surface area contributed by atoms with Crippen molar-refractivity contribution in [1.29, 1.82) is 0 Å². The third-order valence-electron chi connectivity index (χ3n) is 3.92. The molecule has 0 aliphatic heterocycles. The largest absolute Gasteiger partial charge is 0.371 e. The minimum Gasteiger partial charge on any atom is -0.371 e. The molecule has 1 atom stereocenters. The van der Waals surface area contributed by atoms with E-state index < -0.39 is 5.91 Å². The fourth-order valence-corrected chi connectivity index (χ4v) is 2.65. The summed E-state index contributed by atoms with van der Waals surface area (Å²) in [6, 6.07) is 15.7. The Hall–Kier alpha value is -1.96. The topological polar surface area (TPSA) is 77.0 Å². The second-order valence-corrected chi connectivity index (χ2v) is 6.34. The monoisotopic (exact) mass is 393 g/mol. The molecule has 2 N–H and O–H groups in total. The van der Waals surface area contributed by atoms with Crippen LogP contribution in [0.2, 0.25) is 5.02 Å². The molecule has 0 saturated carbocycles. The summed E-state index contributed by atoms with van der Waals surface area (Å²) in [4.78, 5) is 11.1. The van der Waals surface area contributed by atoms with E-state index in [9.17, 15) is 4.79 Å². The molecule has 0 aliphatic carbocycles. The molecule has 0 bridgehead atoms. The summed E-state index contributed by atoms with van der Waals surface area (Å²) in [5.74, 6) is -0.432. The highest BCUT2D eigenvalue weighted by molar-refractivity contribution is 6.30. The molecule has 1 unspecified atom stereocenters. The van der Waals surface area contributed by atoms with Gasteiger partial charge in [0.1, 0.15) is 12.9 Å². The van der Waals surface area contributed by atoms with Crippen LogP contribution in [-0.2, 0) is 19.0 Å². The first-order valence-corrected chi connectivity index (χ1v) is 8.99. The fourth-order valence-electron chi connectivity index (χ4n) is 2.53. The highest BCUT2D eigenvalue weighted by Gasteiger charge is 2.13. The molecule has 6 nitrogen and oxygen atoms in total. The van der Waals surface area contributed by atoms with Crippen LogP contribution in [-0.4, -0.2) is 38.2 Å². The van der Waals surface area contributed by atoms with Crippen molar-refractivity contribution < 1.29 is 24.2 Å². The van der Waals surface area contributed by atoms with Crippen LogP contribution in [0.15, 0.2) is 48.5 Å². The van der Waals surface area contributed by atoms with E-state index >= 15 is 0 Å². The van der Waals surface area contributed by atoms with Crippen LogP contribution in [0.25, 0.3) is 11.1 Å². The summed E-state index contributed by atoms with van der Waals surface area (Å²) < 4.78 is 16.2. The first kappa shape index (κ1) is 21.3. The summed E-state index contributed by atoms with van der Waals surface area (Å²) in [6.07, 6.45) is 0.407. The summed E-state index contributed by atoms with van der Waals surface area (Å²) in [5.41, 5.74) is 4.73. The van der Waals surface area contributed by atoms with E-state index in [0.29, 0.717) is 24.7 Å². The number of carbonyl (C=O) groups is 1. The van der Waals surface area contributed by atoms with E-state index in [-0.39, 0.29) is 19.3 Å². The van der Waals surface area contributed by atoms with Gasteiger partial charge in [0, 0.05) is 25.2 Å². The highest BCUT2D eigenvalue weighted by Crippen LogP contribution is 2.25. The molecule has 7 heteroatoms. The van der Waals surface area contributed by atoms with Crippen molar-refractivity contribution in [3.63, 3.8) is 0 Å². The van der Waals surface area contributed by atoms with Gasteiger partial charge in [-0.25, -0.2) is 5.48 Å². The SMILES string of the molecule is COCOCC(OCCCC(=O)NO)c1ccc(-c2ccc(Cl)cc2)cc1. The molecular formula is C20H24ClNO5. The molecule has 0 fully saturated rings. The van der Waals surface area contributed by atoms with Gasteiger partial charge in [-0.15, -0.1) is 0 Å². The van der Waals surface area contributed by atoms with Gasteiger partial charge in [-0.3, -0.25) is 10.0 Å². The van der Waals surface area contributed by atoms with Crippen molar-refractivity contribution in [1.82, 2.24) is 5.48 Å². The number of benzene rings is 2. The Bertz CT molecular complexity index is 691. The van der Waals surface area contributed by atoms with Crippen molar-refractivity contribution in [3.8, 4) is 11.1 Å². The molecule has 0 aromatic heterocycles. The molecule has 1 amide bonds. The fraction of sp³-hybridized carbons (Fsp3) is 0.350. The van der Waals surface area contributed by atoms with Crippen molar-refractivity contribution >= 4 is 17.5 Å². The second-order valence-electron chi connectivity index (χ2n) is 5.90. The average Bonchev–Trinajstić information content (AvgIpc) is 2.70.